The van der Waals surface area contributed by atoms with E-state index in [1.54, 1.807) is 0 Å². The van der Waals surface area contributed by atoms with Gasteiger partial charge in [-0.15, -0.1) is 11.8 Å². The second-order valence-corrected chi connectivity index (χ2v) is 7.11. The lowest BCUT2D eigenvalue weighted by molar-refractivity contribution is 0.454. The first kappa shape index (κ1) is 12.1. The molecule has 0 amide bonds. The summed E-state index contributed by atoms with van der Waals surface area (Å²) in [5.74, 6) is 1.35. The molecule has 0 spiro atoms. The standard InChI is InChI=1S/C15H20N2S/c1-11(2)18-14-8-9-17-10-13(16-15(14)17)12-6-4-3-5-7-12/h3-7,11,13-14H,8-10H2,1-2H3. The molecule has 0 bridgehead atoms. The van der Waals surface area contributed by atoms with Gasteiger partial charge in [0.1, 0.15) is 5.84 Å². The molecule has 2 atom stereocenters. The minimum absolute atomic E-state index is 0.358. The first-order valence-electron chi connectivity index (χ1n) is 6.77. The lowest BCUT2D eigenvalue weighted by Crippen LogP contribution is -2.25. The maximum Gasteiger partial charge on any atom is 0.113 e. The average molecular weight is 260 g/mol. The molecule has 3 rings (SSSR count). The zero-order valence-electron chi connectivity index (χ0n) is 11.0. The largest absolute Gasteiger partial charge is 0.357 e. The Morgan fingerprint density at radius 1 is 1.28 bits per heavy atom. The van der Waals surface area contributed by atoms with Crippen LogP contribution in [0.5, 0.6) is 0 Å². The van der Waals surface area contributed by atoms with Gasteiger partial charge in [0.15, 0.2) is 0 Å². The number of amidine groups is 1. The third kappa shape index (κ3) is 2.28. The molecule has 2 aliphatic heterocycles. The van der Waals surface area contributed by atoms with Crippen molar-refractivity contribution in [1.82, 2.24) is 4.90 Å². The van der Waals surface area contributed by atoms with E-state index in [0.29, 0.717) is 16.5 Å². The van der Waals surface area contributed by atoms with Gasteiger partial charge in [-0.1, -0.05) is 44.2 Å². The van der Waals surface area contributed by atoms with Gasteiger partial charge >= 0.3 is 0 Å². The topological polar surface area (TPSA) is 15.6 Å². The van der Waals surface area contributed by atoms with Crippen LogP contribution in [-0.2, 0) is 0 Å². The number of rotatable bonds is 3. The molecule has 0 aliphatic carbocycles. The predicted molar refractivity (Wildman–Crippen MR) is 79.3 cm³/mol. The predicted octanol–water partition coefficient (Wildman–Crippen LogP) is 3.36. The number of benzene rings is 1. The summed E-state index contributed by atoms with van der Waals surface area (Å²) in [6.07, 6.45) is 1.27. The van der Waals surface area contributed by atoms with Crippen molar-refractivity contribution < 1.29 is 0 Å². The highest BCUT2D eigenvalue weighted by Crippen LogP contribution is 2.35. The maximum absolute atomic E-state index is 4.98. The van der Waals surface area contributed by atoms with E-state index in [2.05, 4.69) is 60.8 Å². The Bertz CT molecular complexity index is 441. The summed E-state index contributed by atoms with van der Waals surface area (Å²) in [6.45, 7) is 6.82. The van der Waals surface area contributed by atoms with Crippen LogP contribution in [0.1, 0.15) is 31.9 Å². The van der Waals surface area contributed by atoms with Crippen LogP contribution < -0.4 is 0 Å². The van der Waals surface area contributed by atoms with Crippen molar-refractivity contribution in [3.05, 3.63) is 35.9 Å². The third-order valence-electron chi connectivity index (χ3n) is 3.58. The van der Waals surface area contributed by atoms with Gasteiger partial charge in [-0.25, -0.2) is 0 Å². The summed E-state index contributed by atoms with van der Waals surface area (Å²) in [5, 5.41) is 1.31. The van der Waals surface area contributed by atoms with Gasteiger partial charge in [0.2, 0.25) is 0 Å². The second-order valence-electron chi connectivity index (χ2n) is 5.32. The molecule has 2 nitrogen and oxygen atoms in total. The van der Waals surface area contributed by atoms with Crippen LogP contribution in [-0.4, -0.2) is 34.3 Å². The summed E-state index contributed by atoms with van der Waals surface area (Å²) in [6, 6.07) is 11.0. The first-order chi connectivity index (χ1) is 8.74. The summed E-state index contributed by atoms with van der Waals surface area (Å²) in [5.41, 5.74) is 1.35. The Kier molecular flexibility index (Phi) is 3.33. The van der Waals surface area contributed by atoms with Gasteiger partial charge in [0, 0.05) is 13.1 Å². The zero-order valence-corrected chi connectivity index (χ0v) is 11.9. The minimum Gasteiger partial charge on any atom is -0.357 e. The van der Waals surface area contributed by atoms with E-state index in [9.17, 15) is 0 Å². The van der Waals surface area contributed by atoms with Gasteiger partial charge in [-0.2, -0.15) is 0 Å². The molecule has 2 unspecified atom stereocenters. The molecule has 0 saturated carbocycles. The zero-order chi connectivity index (χ0) is 12.5. The smallest absolute Gasteiger partial charge is 0.113 e. The van der Waals surface area contributed by atoms with Crippen LogP contribution in [0.4, 0.5) is 0 Å². The molecule has 2 aliphatic rings. The number of aliphatic imine (C=N–C) groups is 1. The molecule has 1 fully saturated rings. The highest BCUT2D eigenvalue weighted by molar-refractivity contribution is 8.01. The van der Waals surface area contributed by atoms with Gasteiger partial charge < -0.3 is 4.90 Å². The van der Waals surface area contributed by atoms with E-state index in [4.69, 9.17) is 4.99 Å². The number of nitrogens with zero attached hydrogens (tertiary/aromatic N) is 2. The Morgan fingerprint density at radius 3 is 2.78 bits per heavy atom. The van der Waals surface area contributed by atoms with Gasteiger partial charge in [0.25, 0.3) is 0 Å². The quantitative estimate of drug-likeness (QED) is 0.828. The molecule has 0 radical (unpaired) electrons. The lowest BCUT2D eigenvalue weighted by Gasteiger charge is -2.14. The van der Waals surface area contributed by atoms with Crippen molar-refractivity contribution in [3.8, 4) is 0 Å². The Labute approximate surface area is 113 Å². The second kappa shape index (κ2) is 4.96. The highest BCUT2D eigenvalue weighted by Gasteiger charge is 2.36. The van der Waals surface area contributed by atoms with E-state index in [0.717, 1.165) is 6.54 Å². The van der Waals surface area contributed by atoms with E-state index >= 15 is 0 Å². The van der Waals surface area contributed by atoms with Gasteiger partial charge in [-0.05, 0) is 17.2 Å². The van der Waals surface area contributed by atoms with Crippen LogP contribution in [0.2, 0.25) is 0 Å². The number of hydrogen-bond acceptors (Lipinski definition) is 3. The van der Waals surface area contributed by atoms with E-state index in [1.807, 2.05) is 0 Å². The molecule has 0 N–H and O–H groups in total. The van der Waals surface area contributed by atoms with Crippen LogP contribution in [0, 0.1) is 0 Å². The molecule has 1 aromatic carbocycles. The number of thioether (sulfide) groups is 1. The maximum atomic E-state index is 4.98. The first-order valence-corrected chi connectivity index (χ1v) is 7.71. The van der Waals surface area contributed by atoms with Crippen LogP contribution >= 0.6 is 11.8 Å². The van der Waals surface area contributed by atoms with Crippen molar-refractivity contribution in [3.63, 3.8) is 0 Å². The molecule has 0 aromatic heterocycles. The molecule has 96 valence electrons. The van der Waals surface area contributed by atoms with Crippen molar-refractivity contribution in [2.75, 3.05) is 13.1 Å². The molecule has 1 aromatic rings. The van der Waals surface area contributed by atoms with Crippen molar-refractivity contribution in [2.45, 2.75) is 36.8 Å². The fourth-order valence-corrected chi connectivity index (χ4v) is 4.02. The fraction of sp³-hybridized carbons (Fsp3) is 0.533. The van der Waals surface area contributed by atoms with E-state index in [-0.39, 0.29) is 0 Å². The monoisotopic (exact) mass is 260 g/mol. The highest BCUT2D eigenvalue weighted by atomic mass is 32.2. The Morgan fingerprint density at radius 2 is 2.06 bits per heavy atom. The Balaban J connectivity index is 1.78. The van der Waals surface area contributed by atoms with E-state index < -0.39 is 0 Å². The molecular formula is C15H20N2S. The average Bonchev–Trinajstić information content (AvgIpc) is 2.92. The van der Waals surface area contributed by atoms with Gasteiger partial charge in [0.05, 0.1) is 11.3 Å². The van der Waals surface area contributed by atoms with Crippen molar-refractivity contribution >= 4 is 17.6 Å². The molecule has 2 heterocycles. The molecule has 1 saturated heterocycles. The fourth-order valence-electron chi connectivity index (χ4n) is 2.79. The van der Waals surface area contributed by atoms with Crippen LogP contribution in [0.25, 0.3) is 0 Å². The minimum atomic E-state index is 0.358. The number of fused-ring (bicyclic) bond motifs is 1. The van der Waals surface area contributed by atoms with Crippen LogP contribution in [0.15, 0.2) is 35.3 Å². The van der Waals surface area contributed by atoms with Crippen molar-refractivity contribution in [1.29, 1.82) is 0 Å². The molecule has 18 heavy (non-hydrogen) atoms. The third-order valence-corrected chi connectivity index (χ3v) is 4.89. The SMILES string of the molecule is CC(C)SC1CCN2CC(c3ccccc3)N=C12. The molecular weight excluding hydrogens is 240 g/mol. The van der Waals surface area contributed by atoms with E-state index in [1.165, 1.54) is 24.4 Å². The normalized spacial score (nSPS) is 26.6. The van der Waals surface area contributed by atoms with Gasteiger partial charge in [-0.3, -0.25) is 4.99 Å². The van der Waals surface area contributed by atoms with Crippen molar-refractivity contribution in [2.24, 2.45) is 4.99 Å². The number of hydrogen-bond donors (Lipinski definition) is 0. The van der Waals surface area contributed by atoms with Crippen LogP contribution in [0.3, 0.4) is 0 Å². The summed E-state index contributed by atoms with van der Waals surface area (Å²) in [7, 11) is 0. The lowest BCUT2D eigenvalue weighted by atomic mass is 10.1. The summed E-state index contributed by atoms with van der Waals surface area (Å²) < 4.78 is 0. The summed E-state index contributed by atoms with van der Waals surface area (Å²) in [4.78, 5) is 7.46. The molecule has 3 heteroatoms. The Hall–Kier alpha value is -0.960. The summed E-state index contributed by atoms with van der Waals surface area (Å²) >= 11 is 2.06.